The summed E-state index contributed by atoms with van der Waals surface area (Å²) in [7, 11) is 1.91. The van der Waals surface area contributed by atoms with Crippen LogP contribution in [-0.2, 0) is 4.79 Å². The van der Waals surface area contributed by atoms with Crippen LogP contribution in [0.5, 0.6) is 0 Å². The summed E-state index contributed by atoms with van der Waals surface area (Å²) in [5.74, 6) is 0.0776. The second-order valence-corrected chi connectivity index (χ2v) is 5.79. The Hall–Kier alpha value is -2.02. The molecule has 1 atom stereocenters. The summed E-state index contributed by atoms with van der Waals surface area (Å²) in [5.41, 5.74) is 1.58. The van der Waals surface area contributed by atoms with E-state index < -0.39 is 0 Å². The second kappa shape index (κ2) is 7.12. The topological polar surface area (TPSA) is 56.1 Å². The monoisotopic (exact) mass is 285 g/mol. The van der Waals surface area contributed by atoms with Crippen LogP contribution in [0.4, 0.5) is 5.69 Å². The Labute approximate surface area is 126 Å². The molecule has 1 amide bonds. The van der Waals surface area contributed by atoms with Crippen molar-refractivity contribution in [3.8, 4) is 6.07 Å². The van der Waals surface area contributed by atoms with E-state index in [0.29, 0.717) is 11.6 Å². The van der Waals surface area contributed by atoms with Crippen molar-refractivity contribution in [2.75, 3.05) is 11.9 Å². The number of nitriles is 1. The van der Waals surface area contributed by atoms with Gasteiger partial charge in [0.15, 0.2) is 0 Å². The van der Waals surface area contributed by atoms with Gasteiger partial charge in [0.05, 0.1) is 11.6 Å². The van der Waals surface area contributed by atoms with Crippen LogP contribution in [0.2, 0.25) is 0 Å². The van der Waals surface area contributed by atoms with Gasteiger partial charge in [-0.1, -0.05) is 19.3 Å². The third-order valence-electron chi connectivity index (χ3n) is 4.32. The molecule has 112 valence electrons. The fourth-order valence-electron chi connectivity index (χ4n) is 2.74. The SMILES string of the molecule is CC(C(=O)NC1CCCCC1)N(C)c1ccc(C#N)cc1. The highest BCUT2D eigenvalue weighted by atomic mass is 16.2. The largest absolute Gasteiger partial charge is 0.363 e. The van der Waals surface area contributed by atoms with E-state index in [-0.39, 0.29) is 11.9 Å². The van der Waals surface area contributed by atoms with Crippen LogP contribution >= 0.6 is 0 Å². The maximum absolute atomic E-state index is 12.3. The number of nitrogens with zero attached hydrogens (tertiary/aromatic N) is 2. The van der Waals surface area contributed by atoms with Gasteiger partial charge in [0.2, 0.25) is 5.91 Å². The van der Waals surface area contributed by atoms with Gasteiger partial charge < -0.3 is 10.2 Å². The molecule has 0 spiro atoms. The smallest absolute Gasteiger partial charge is 0.242 e. The Morgan fingerprint density at radius 2 is 1.90 bits per heavy atom. The van der Waals surface area contributed by atoms with Crippen LogP contribution in [0, 0.1) is 11.3 Å². The molecule has 1 saturated carbocycles. The van der Waals surface area contributed by atoms with Crippen molar-refractivity contribution >= 4 is 11.6 Å². The quantitative estimate of drug-likeness (QED) is 0.925. The number of likely N-dealkylation sites (N-methyl/N-ethyl adjacent to an activating group) is 1. The van der Waals surface area contributed by atoms with Gasteiger partial charge in [0, 0.05) is 18.8 Å². The molecule has 0 aromatic heterocycles. The van der Waals surface area contributed by atoms with E-state index in [2.05, 4.69) is 11.4 Å². The van der Waals surface area contributed by atoms with E-state index in [9.17, 15) is 4.79 Å². The Morgan fingerprint density at radius 1 is 1.29 bits per heavy atom. The Bertz CT molecular complexity index is 512. The molecule has 1 aromatic carbocycles. The minimum Gasteiger partial charge on any atom is -0.363 e. The highest BCUT2D eigenvalue weighted by Crippen LogP contribution is 2.19. The Morgan fingerprint density at radius 3 is 2.48 bits per heavy atom. The van der Waals surface area contributed by atoms with Crippen LogP contribution < -0.4 is 10.2 Å². The first-order valence-electron chi connectivity index (χ1n) is 7.65. The first kappa shape index (κ1) is 15.4. The zero-order valence-electron chi connectivity index (χ0n) is 12.8. The lowest BCUT2D eigenvalue weighted by Crippen LogP contribution is -2.47. The van der Waals surface area contributed by atoms with Crippen LogP contribution in [0.1, 0.15) is 44.6 Å². The van der Waals surface area contributed by atoms with Crippen molar-refractivity contribution < 1.29 is 4.79 Å². The fourth-order valence-corrected chi connectivity index (χ4v) is 2.74. The number of benzene rings is 1. The molecule has 4 nitrogen and oxygen atoms in total. The molecule has 0 aliphatic heterocycles. The Kier molecular flexibility index (Phi) is 5.21. The molecule has 2 rings (SSSR count). The molecule has 1 N–H and O–H groups in total. The summed E-state index contributed by atoms with van der Waals surface area (Å²) in [6.45, 7) is 1.91. The van der Waals surface area contributed by atoms with Crippen molar-refractivity contribution in [3.63, 3.8) is 0 Å². The molecule has 0 bridgehead atoms. The van der Waals surface area contributed by atoms with Crippen molar-refractivity contribution in [1.82, 2.24) is 5.32 Å². The number of anilines is 1. The summed E-state index contributed by atoms with van der Waals surface area (Å²) >= 11 is 0. The van der Waals surface area contributed by atoms with Crippen LogP contribution in [0.3, 0.4) is 0 Å². The molecular weight excluding hydrogens is 262 g/mol. The Balaban J connectivity index is 1.95. The van der Waals surface area contributed by atoms with Crippen LogP contribution in [-0.4, -0.2) is 25.0 Å². The summed E-state index contributed by atoms with van der Waals surface area (Å²) < 4.78 is 0. The standard InChI is InChI=1S/C17H23N3O/c1-13(17(21)19-15-6-4-3-5-7-15)20(2)16-10-8-14(12-18)9-11-16/h8-11,13,15H,3-7H2,1-2H3,(H,19,21). The molecule has 1 aliphatic rings. The number of rotatable bonds is 4. The number of hydrogen-bond acceptors (Lipinski definition) is 3. The van der Waals surface area contributed by atoms with Gasteiger partial charge in [0.25, 0.3) is 0 Å². The number of nitrogens with one attached hydrogen (secondary N) is 1. The molecule has 1 unspecified atom stereocenters. The minimum atomic E-state index is -0.222. The molecule has 0 saturated heterocycles. The maximum Gasteiger partial charge on any atom is 0.242 e. The second-order valence-electron chi connectivity index (χ2n) is 5.79. The minimum absolute atomic E-state index is 0.0776. The van der Waals surface area contributed by atoms with Gasteiger partial charge in [0.1, 0.15) is 6.04 Å². The summed E-state index contributed by atoms with van der Waals surface area (Å²) in [6, 6.07) is 9.52. The lowest BCUT2D eigenvalue weighted by atomic mass is 9.95. The van der Waals surface area contributed by atoms with Crippen molar-refractivity contribution in [1.29, 1.82) is 5.26 Å². The van der Waals surface area contributed by atoms with Gasteiger partial charge in [-0.25, -0.2) is 0 Å². The normalized spacial score (nSPS) is 16.8. The fraction of sp³-hybridized carbons (Fsp3) is 0.529. The summed E-state index contributed by atoms with van der Waals surface area (Å²) in [5, 5.41) is 12.0. The van der Waals surface area contributed by atoms with E-state index >= 15 is 0 Å². The lowest BCUT2D eigenvalue weighted by Gasteiger charge is -2.29. The average molecular weight is 285 g/mol. The first-order valence-corrected chi connectivity index (χ1v) is 7.65. The molecule has 1 aromatic rings. The predicted octanol–water partition coefficient (Wildman–Crippen LogP) is 2.83. The van der Waals surface area contributed by atoms with Crippen LogP contribution in [0.15, 0.2) is 24.3 Å². The summed E-state index contributed by atoms with van der Waals surface area (Å²) in [6.07, 6.45) is 5.90. The zero-order chi connectivity index (χ0) is 15.2. The zero-order valence-corrected chi connectivity index (χ0v) is 12.8. The molecule has 0 heterocycles. The predicted molar refractivity (Wildman–Crippen MR) is 84.0 cm³/mol. The number of carbonyl (C=O) groups excluding carboxylic acids is 1. The molecule has 0 radical (unpaired) electrons. The number of hydrogen-bond donors (Lipinski definition) is 1. The molecular formula is C17H23N3O. The van der Waals surface area contributed by atoms with Gasteiger partial charge in [-0.05, 0) is 44.0 Å². The van der Waals surface area contributed by atoms with E-state index in [4.69, 9.17) is 5.26 Å². The number of carbonyl (C=O) groups is 1. The van der Waals surface area contributed by atoms with Gasteiger partial charge in [-0.15, -0.1) is 0 Å². The molecule has 4 heteroatoms. The van der Waals surface area contributed by atoms with Crippen molar-refractivity contribution in [2.24, 2.45) is 0 Å². The van der Waals surface area contributed by atoms with Crippen molar-refractivity contribution in [2.45, 2.75) is 51.1 Å². The van der Waals surface area contributed by atoms with Crippen molar-refractivity contribution in [3.05, 3.63) is 29.8 Å². The molecule has 1 fully saturated rings. The average Bonchev–Trinajstić information content (AvgIpc) is 2.54. The van der Waals surface area contributed by atoms with Gasteiger partial charge in [-0.2, -0.15) is 5.26 Å². The highest BCUT2D eigenvalue weighted by molar-refractivity contribution is 5.85. The van der Waals surface area contributed by atoms with Gasteiger partial charge >= 0.3 is 0 Å². The summed E-state index contributed by atoms with van der Waals surface area (Å²) in [4.78, 5) is 14.3. The van der Waals surface area contributed by atoms with E-state index in [1.54, 1.807) is 12.1 Å². The van der Waals surface area contributed by atoms with E-state index in [1.807, 2.05) is 31.0 Å². The maximum atomic E-state index is 12.3. The first-order chi connectivity index (χ1) is 10.1. The van der Waals surface area contributed by atoms with E-state index in [1.165, 1.54) is 19.3 Å². The van der Waals surface area contributed by atoms with E-state index in [0.717, 1.165) is 18.5 Å². The highest BCUT2D eigenvalue weighted by Gasteiger charge is 2.22. The molecule has 1 aliphatic carbocycles. The molecule has 21 heavy (non-hydrogen) atoms. The lowest BCUT2D eigenvalue weighted by molar-refractivity contribution is -0.122. The third kappa shape index (κ3) is 3.98. The van der Waals surface area contributed by atoms with Crippen LogP contribution in [0.25, 0.3) is 0 Å². The third-order valence-corrected chi connectivity index (χ3v) is 4.32. The van der Waals surface area contributed by atoms with Gasteiger partial charge in [-0.3, -0.25) is 4.79 Å². The number of amides is 1.